The molecule has 1 heterocycles. The molecule has 0 aliphatic carbocycles. The fourth-order valence-electron chi connectivity index (χ4n) is 3.57. The molecule has 9 heteroatoms. The number of thioether (sulfide) groups is 1. The second kappa shape index (κ2) is 11.5. The molecule has 0 aliphatic heterocycles. The molecule has 190 valence electrons. The Morgan fingerprint density at radius 1 is 0.973 bits per heavy atom. The van der Waals surface area contributed by atoms with Crippen LogP contribution in [0.3, 0.4) is 0 Å². The number of nitrogens with one attached hydrogen (secondary N) is 1. The number of nitrogens with zero attached hydrogens (tertiary/aromatic N) is 4. The zero-order valence-corrected chi connectivity index (χ0v) is 23.3. The molecular weight excluding hydrogens is 525 g/mol. The van der Waals surface area contributed by atoms with Gasteiger partial charge < -0.3 is 0 Å². The van der Waals surface area contributed by atoms with E-state index < -0.39 is 0 Å². The average Bonchev–Trinajstić information content (AvgIpc) is 3.31. The van der Waals surface area contributed by atoms with E-state index in [1.54, 1.807) is 25.1 Å². The molecule has 6 nitrogen and oxygen atoms in total. The Kier molecular flexibility index (Phi) is 8.37. The number of para-hydroxylation sites is 1. The van der Waals surface area contributed by atoms with Crippen LogP contribution in [0.5, 0.6) is 0 Å². The SMILES string of the molecule is C/C(=N\NC(=O)CSc1nnc(-c2ccc(C(C)(C)C)cc2)n1-c1ccccc1)c1ccc(Cl)c(Cl)c1. The van der Waals surface area contributed by atoms with Gasteiger partial charge in [0.05, 0.1) is 21.5 Å². The lowest BCUT2D eigenvalue weighted by molar-refractivity contribution is -0.118. The van der Waals surface area contributed by atoms with E-state index in [2.05, 4.69) is 65.8 Å². The van der Waals surface area contributed by atoms with E-state index in [1.807, 2.05) is 34.9 Å². The third-order valence-electron chi connectivity index (χ3n) is 5.67. The van der Waals surface area contributed by atoms with Crippen molar-refractivity contribution in [3.8, 4) is 17.1 Å². The van der Waals surface area contributed by atoms with Crippen LogP contribution in [-0.2, 0) is 10.2 Å². The van der Waals surface area contributed by atoms with Crippen molar-refractivity contribution in [2.75, 3.05) is 5.75 Å². The molecule has 0 aliphatic rings. The standard InChI is InChI=1S/C28H27Cl2N5OS/c1-18(20-12-15-23(29)24(30)16-20)31-32-25(36)17-37-27-34-33-26(35(27)22-8-6-5-7-9-22)19-10-13-21(14-11-19)28(2,3)4/h5-16H,17H2,1-4H3,(H,32,36)/b31-18+. The first-order valence-electron chi connectivity index (χ1n) is 11.7. The molecule has 1 aromatic heterocycles. The minimum absolute atomic E-state index is 0.0562. The zero-order valence-electron chi connectivity index (χ0n) is 21.0. The first kappa shape index (κ1) is 26.9. The van der Waals surface area contributed by atoms with Gasteiger partial charge in [-0.2, -0.15) is 5.10 Å². The van der Waals surface area contributed by atoms with Gasteiger partial charge in [0, 0.05) is 11.3 Å². The van der Waals surface area contributed by atoms with E-state index in [4.69, 9.17) is 23.2 Å². The van der Waals surface area contributed by atoms with Crippen molar-refractivity contribution in [3.63, 3.8) is 0 Å². The van der Waals surface area contributed by atoms with Crippen molar-refractivity contribution in [3.05, 3.63) is 94.0 Å². The highest BCUT2D eigenvalue weighted by Gasteiger charge is 2.19. The molecule has 4 rings (SSSR count). The van der Waals surface area contributed by atoms with Gasteiger partial charge in [-0.05, 0) is 47.7 Å². The molecule has 0 saturated carbocycles. The maximum absolute atomic E-state index is 12.6. The molecule has 0 unspecified atom stereocenters. The van der Waals surface area contributed by atoms with Gasteiger partial charge in [0.1, 0.15) is 0 Å². The average molecular weight is 553 g/mol. The van der Waals surface area contributed by atoms with Crippen LogP contribution >= 0.6 is 35.0 Å². The molecule has 0 radical (unpaired) electrons. The molecule has 1 N–H and O–H groups in total. The largest absolute Gasteiger partial charge is 0.272 e. The van der Waals surface area contributed by atoms with Crippen molar-refractivity contribution < 1.29 is 4.79 Å². The van der Waals surface area contributed by atoms with Gasteiger partial charge in [-0.25, -0.2) is 5.43 Å². The fourth-order valence-corrected chi connectivity index (χ4v) is 4.62. The van der Waals surface area contributed by atoms with Crippen molar-refractivity contribution in [1.29, 1.82) is 0 Å². The van der Waals surface area contributed by atoms with Crippen molar-refractivity contribution in [2.45, 2.75) is 38.3 Å². The van der Waals surface area contributed by atoms with Crippen LogP contribution in [0.1, 0.15) is 38.8 Å². The van der Waals surface area contributed by atoms with E-state index in [9.17, 15) is 4.79 Å². The Labute approximate surface area is 231 Å². The van der Waals surface area contributed by atoms with E-state index in [1.165, 1.54) is 17.3 Å². The summed E-state index contributed by atoms with van der Waals surface area (Å²) < 4.78 is 1.97. The van der Waals surface area contributed by atoms with Crippen LogP contribution in [0.4, 0.5) is 0 Å². The van der Waals surface area contributed by atoms with Crippen LogP contribution in [0.15, 0.2) is 83.1 Å². The van der Waals surface area contributed by atoms with Gasteiger partial charge >= 0.3 is 0 Å². The highest BCUT2D eigenvalue weighted by molar-refractivity contribution is 7.99. The van der Waals surface area contributed by atoms with E-state index in [0.717, 1.165) is 16.8 Å². The number of amides is 1. The second-order valence-electron chi connectivity index (χ2n) is 9.45. The third-order valence-corrected chi connectivity index (χ3v) is 7.34. The summed E-state index contributed by atoms with van der Waals surface area (Å²) in [5.41, 5.74) is 7.14. The Morgan fingerprint density at radius 2 is 1.68 bits per heavy atom. The van der Waals surface area contributed by atoms with E-state index in [-0.39, 0.29) is 17.1 Å². The second-order valence-corrected chi connectivity index (χ2v) is 11.2. The maximum Gasteiger partial charge on any atom is 0.250 e. The van der Waals surface area contributed by atoms with Crippen molar-refractivity contribution >= 4 is 46.6 Å². The minimum Gasteiger partial charge on any atom is -0.272 e. The summed E-state index contributed by atoms with van der Waals surface area (Å²) in [6.07, 6.45) is 0. The summed E-state index contributed by atoms with van der Waals surface area (Å²) >= 11 is 13.4. The number of rotatable bonds is 7. The minimum atomic E-state index is -0.261. The number of carbonyl (C=O) groups is 1. The molecule has 0 saturated heterocycles. The summed E-state index contributed by atoms with van der Waals surface area (Å²) in [7, 11) is 0. The summed E-state index contributed by atoms with van der Waals surface area (Å²) in [6, 6.07) is 23.4. The lowest BCUT2D eigenvalue weighted by atomic mass is 9.87. The van der Waals surface area contributed by atoms with Crippen LogP contribution in [0.2, 0.25) is 10.0 Å². The molecule has 0 bridgehead atoms. The maximum atomic E-state index is 12.6. The molecule has 0 atom stereocenters. The third kappa shape index (κ3) is 6.60. The number of hydrazone groups is 1. The normalized spacial score (nSPS) is 12.0. The smallest absolute Gasteiger partial charge is 0.250 e. The summed E-state index contributed by atoms with van der Waals surface area (Å²) in [5, 5.41) is 14.6. The molecule has 0 spiro atoms. The van der Waals surface area contributed by atoms with Gasteiger partial charge in [0.15, 0.2) is 11.0 Å². The number of hydrogen-bond acceptors (Lipinski definition) is 5. The first-order chi connectivity index (χ1) is 17.6. The summed E-state index contributed by atoms with van der Waals surface area (Å²) in [4.78, 5) is 12.6. The molecule has 0 fully saturated rings. The van der Waals surface area contributed by atoms with E-state index >= 15 is 0 Å². The van der Waals surface area contributed by atoms with Crippen LogP contribution in [0, 0.1) is 0 Å². The van der Waals surface area contributed by atoms with Crippen molar-refractivity contribution in [2.24, 2.45) is 5.10 Å². The topological polar surface area (TPSA) is 72.2 Å². The number of hydrogen-bond donors (Lipinski definition) is 1. The van der Waals surface area contributed by atoms with Gasteiger partial charge in [0.2, 0.25) is 0 Å². The van der Waals surface area contributed by atoms with Crippen LogP contribution in [0.25, 0.3) is 17.1 Å². The predicted octanol–water partition coefficient (Wildman–Crippen LogP) is 7.17. The van der Waals surface area contributed by atoms with Gasteiger partial charge in [-0.1, -0.05) is 104 Å². The quantitative estimate of drug-likeness (QED) is 0.150. The van der Waals surface area contributed by atoms with Crippen LogP contribution < -0.4 is 5.43 Å². The number of benzene rings is 3. The number of aromatic nitrogens is 3. The van der Waals surface area contributed by atoms with E-state index in [0.29, 0.717) is 26.7 Å². The Morgan fingerprint density at radius 3 is 2.32 bits per heavy atom. The number of halogens is 2. The van der Waals surface area contributed by atoms with Crippen LogP contribution in [-0.4, -0.2) is 32.1 Å². The Hall–Kier alpha value is -3.13. The Balaban J connectivity index is 1.53. The molecule has 3 aromatic carbocycles. The fraction of sp³-hybridized carbons (Fsp3) is 0.214. The molecular formula is C28H27Cl2N5OS. The summed E-state index contributed by atoms with van der Waals surface area (Å²) in [5.74, 6) is 0.567. The predicted molar refractivity (Wildman–Crippen MR) is 153 cm³/mol. The first-order valence-corrected chi connectivity index (χ1v) is 13.4. The summed E-state index contributed by atoms with van der Waals surface area (Å²) in [6.45, 7) is 8.34. The lowest BCUT2D eigenvalue weighted by Gasteiger charge is -2.19. The lowest BCUT2D eigenvalue weighted by Crippen LogP contribution is -2.21. The van der Waals surface area contributed by atoms with Gasteiger partial charge in [-0.3, -0.25) is 9.36 Å². The Bertz CT molecular complexity index is 1430. The highest BCUT2D eigenvalue weighted by Crippen LogP contribution is 2.30. The number of carbonyl (C=O) groups excluding carboxylic acids is 1. The molecule has 4 aromatic rings. The van der Waals surface area contributed by atoms with Gasteiger partial charge in [-0.15, -0.1) is 10.2 Å². The molecule has 37 heavy (non-hydrogen) atoms. The van der Waals surface area contributed by atoms with Crippen molar-refractivity contribution in [1.82, 2.24) is 20.2 Å². The van der Waals surface area contributed by atoms with Gasteiger partial charge in [0.25, 0.3) is 5.91 Å². The molecule has 1 amide bonds. The monoisotopic (exact) mass is 551 g/mol. The zero-order chi connectivity index (χ0) is 26.6. The highest BCUT2D eigenvalue weighted by atomic mass is 35.5.